The molecule has 0 spiro atoms. The zero-order valence-corrected chi connectivity index (χ0v) is 7.37. The number of nitrogens with two attached hydrogens (primary N) is 2. The van der Waals surface area contributed by atoms with Gasteiger partial charge in [-0.05, 0) is 20.3 Å². The van der Waals surface area contributed by atoms with Crippen molar-refractivity contribution in [2.75, 3.05) is 6.54 Å². The second kappa shape index (κ2) is 3.94. The molecular weight excluding hydrogens is 158 g/mol. The Balaban J connectivity index is 3.93. The van der Waals surface area contributed by atoms with Crippen LogP contribution >= 0.6 is 0 Å². The van der Waals surface area contributed by atoms with E-state index in [2.05, 4.69) is 4.99 Å². The molecule has 0 radical (unpaired) electrons. The summed E-state index contributed by atoms with van der Waals surface area (Å²) in [5, 5.41) is 8.70. The van der Waals surface area contributed by atoms with Gasteiger partial charge in [-0.1, -0.05) is 0 Å². The zero-order chi connectivity index (χ0) is 9.78. The molecule has 0 amide bonds. The molecule has 5 heteroatoms. The van der Waals surface area contributed by atoms with Crippen molar-refractivity contribution in [1.29, 1.82) is 0 Å². The average molecular weight is 173 g/mol. The van der Waals surface area contributed by atoms with Crippen LogP contribution in [0.4, 0.5) is 0 Å². The number of carbonyl (C=O) groups is 1. The number of rotatable bonds is 4. The molecule has 0 saturated heterocycles. The van der Waals surface area contributed by atoms with Crippen molar-refractivity contribution in [1.82, 2.24) is 0 Å². The number of nitrogens with zero attached hydrogens (tertiary/aromatic N) is 1. The van der Waals surface area contributed by atoms with E-state index in [-0.39, 0.29) is 5.96 Å². The van der Waals surface area contributed by atoms with Crippen molar-refractivity contribution in [2.24, 2.45) is 21.9 Å². The number of carboxylic acid groups (broad SMARTS) is 1. The Kier molecular flexibility index (Phi) is 3.53. The van der Waals surface area contributed by atoms with Gasteiger partial charge in [-0.25, -0.2) is 0 Å². The van der Waals surface area contributed by atoms with Crippen molar-refractivity contribution in [3.05, 3.63) is 0 Å². The topological polar surface area (TPSA) is 102 Å². The molecule has 70 valence electrons. The highest BCUT2D eigenvalue weighted by Crippen LogP contribution is 2.19. The smallest absolute Gasteiger partial charge is 0.309 e. The molecule has 0 bridgehead atoms. The lowest BCUT2D eigenvalue weighted by Gasteiger charge is -2.16. The third-order valence-electron chi connectivity index (χ3n) is 1.61. The van der Waals surface area contributed by atoms with Crippen LogP contribution in [0.25, 0.3) is 0 Å². The minimum absolute atomic E-state index is 0.00353. The summed E-state index contributed by atoms with van der Waals surface area (Å²) >= 11 is 0. The van der Waals surface area contributed by atoms with Gasteiger partial charge in [0.2, 0.25) is 0 Å². The van der Waals surface area contributed by atoms with Crippen LogP contribution in [-0.2, 0) is 4.79 Å². The highest BCUT2D eigenvalue weighted by Gasteiger charge is 2.26. The van der Waals surface area contributed by atoms with Gasteiger partial charge in [-0.15, -0.1) is 0 Å². The summed E-state index contributed by atoms with van der Waals surface area (Å²) in [6.45, 7) is 3.62. The maximum Gasteiger partial charge on any atom is 0.309 e. The lowest BCUT2D eigenvalue weighted by molar-refractivity contribution is -0.147. The fourth-order valence-electron chi connectivity index (χ4n) is 0.571. The maximum absolute atomic E-state index is 10.6. The van der Waals surface area contributed by atoms with E-state index in [4.69, 9.17) is 16.6 Å². The molecule has 0 aromatic rings. The Hall–Kier alpha value is -1.26. The predicted molar refractivity (Wildman–Crippen MR) is 46.7 cm³/mol. The second-order valence-electron chi connectivity index (χ2n) is 3.25. The monoisotopic (exact) mass is 173 g/mol. The fourth-order valence-corrected chi connectivity index (χ4v) is 0.571. The zero-order valence-electron chi connectivity index (χ0n) is 7.37. The molecule has 0 aromatic heterocycles. The number of carboxylic acids is 1. The standard InChI is InChI=1S/C7H15N3O2/c1-7(2,5(11)12)3-4-10-6(8)9/h3-4H2,1-2H3,(H,11,12)(H4,8,9,10). The Morgan fingerprint density at radius 3 is 2.33 bits per heavy atom. The Morgan fingerprint density at radius 2 is 2.00 bits per heavy atom. The minimum atomic E-state index is -0.840. The van der Waals surface area contributed by atoms with Crippen molar-refractivity contribution < 1.29 is 9.90 Å². The van der Waals surface area contributed by atoms with Crippen LogP contribution in [0.15, 0.2) is 4.99 Å². The molecule has 0 aliphatic carbocycles. The van der Waals surface area contributed by atoms with Gasteiger partial charge in [-0.3, -0.25) is 9.79 Å². The van der Waals surface area contributed by atoms with Gasteiger partial charge < -0.3 is 16.6 Å². The highest BCUT2D eigenvalue weighted by atomic mass is 16.4. The molecule has 0 aliphatic heterocycles. The van der Waals surface area contributed by atoms with Gasteiger partial charge in [0.05, 0.1) is 5.41 Å². The lowest BCUT2D eigenvalue weighted by atomic mass is 9.90. The van der Waals surface area contributed by atoms with Crippen LogP contribution in [0.3, 0.4) is 0 Å². The molecule has 0 aliphatic rings. The van der Waals surface area contributed by atoms with E-state index in [0.29, 0.717) is 13.0 Å². The van der Waals surface area contributed by atoms with E-state index in [0.717, 1.165) is 0 Å². The molecule has 5 N–H and O–H groups in total. The largest absolute Gasteiger partial charge is 0.481 e. The quantitative estimate of drug-likeness (QED) is 0.403. The first-order valence-corrected chi connectivity index (χ1v) is 3.65. The molecule has 5 nitrogen and oxygen atoms in total. The summed E-state index contributed by atoms with van der Waals surface area (Å²) in [5.74, 6) is -0.843. The molecule has 0 fully saturated rings. The number of guanidine groups is 1. The van der Waals surface area contributed by atoms with Gasteiger partial charge in [-0.2, -0.15) is 0 Å². The van der Waals surface area contributed by atoms with Crippen LogP contribution in [0.1, 0.15) is 20.3 Å². The first-order valence-electron chi connectivity index (χ1n) is 3.65. The predicted octanol–water partition coefficient (Wildman–Crippen LogP) is -0.239. The highest BCUT2D eigenvalue weighted by molar-refractivity contribution is 5.76. The molecule has 0 saturated carbocycles. The van der Waals surface area contributed by atoms with Crippen LogP contribution in [0.2, 0.25) is 0 Å². The van der Waals surface area contributed by atoms with Gasteiger partial charge in [0.25, 0.3) is 0 Å². The number of aliphatic imine (C=N–C) groups is 1. The SMILES string of the molecule is CC(C)(CCN=C(N)N)C(=O)O. The summed E-state index contributed by atoms with van der Waals surface area (Å²) in [6, 6.07) is 0. The van der Waals surface area contributed by atoms with Crippen molar-refractivity contribution in [3.8, 4) is 0 Å². The minimum Gasteiger partial charge on any atom is -0.481 e. The Bertz CT molecular complexity index is 195. The first kappa shape index (κ1) is 10.7. The number of hydrogen-bond donors (Lipinski definition) is 3. The van der Waals surface area contributed by atoms with Crippen LogP contribution < -0.4 is 11.5 Å². The normalized spacial score (nSPS) is 10.8. The summed E-state index contributed by atoms with van der Waals surface area (Å²) in [7, 11) is 0. The van der Waals surface area contributed by atoms with Crippen LogP contribution in [0.5, 0.6) is 0 Å². The molecule has 0 rings (SSSR count). The lowest BCUT2D eigenvalue weighted by Crippen LogP contribution is -2.27. The van der Waals surface area contributed by atoms with E-state index < -0.39 is 11.4 Å². The van der Waals surface area contributed by atoms with E-state index in [1.807, 2.05) is 0 Å². The number of aliphatic carboxylic acids is 1. The summed E-state index contributed by atoms with van der Waals surface area (Å²) in [6.07, 6.45) is 0.431. The summed E-state index contributed by atoms with van der Waals surface area (Å²) in [5.41, 5.74) is 9.39. The summed E-state index contributed by atoms with van der Waals surface area (Å²) in [4.78, 5) is 14.3. The Morgan fingerprint density at radius 1 is 1.50 bits per heavy atom. The van der Waals surface area contributed by atoms with Gasteiger partial charge >= 0.3 is 5.97 Å². The van der Waals surface area contributed by atoms with Crippen LogP contribution in [0, 0.1) is 5.41 Å². The second-order valence-corrected chi connectivity index (χ2v) is 3.25. The molecule has 0 aromatic carbocycles. The van der Waals surface area contributed by atoms with E-state index >= 15 is 0 Å². The van der Waals surface area contributed by atoms with E-state index in [1.165, 1.54) is 0 Å². The fraction of sp³-hybridized carbons (Fsp3) is 0.714. The van der Waals surface area contributed by atoms with Crippen molar-refractivity contribution >= 4 is 11.9 Å². The molecule has 0 unspecified atom stereocenters. The molecule has 12 heavy (non-hydrogen) atoms. The third kappa shape index (κ3) is 3.80. The van der Waals surface area contributed by atoms with E-state index in [1.54, 1.807) is 13.8 Å². The third-order valence-corrected chi connectivity index (χ3v) is 1.61. The van der Waals surface area contributed by atoms with Gasteiger partial charge in [0.15, 0.2) is 5.96 Å². The molecule has 0 atom stereocenters. The average Bonchev–Trinajstić information content (AvgIpc) is 1.85. The van der Waals surface area contributed by atoms with Crippen molar-refractivity contribution in [3.63, 3.8) is 0 Å². The van der Waals surface area contributed by atoms with Crippen LogP contribution in [-0.4, -0.2) is 23.6 Å². The van der Waals surface area contributed by atoms with E-state index in [9.17, 15) is 4.79 Å². The first-order chi connectivity index (χ1) is 5.36. The molecule has 0 heterocycles. The van der Waals surface area contributed by atoms with Gasteiger partial charge in [0, 0.05) is 6.54 Å². The molecular formula is C7H15N3O2. The van der Waals surface area contributed by atoms with Gasteiger partial charge in [0.1, 0.15) is 0 Å². The number of hydrogen-bond acceptors (Lipinski definition) is 2. The Labute approximate surface area is 71.5 Å². The maximum atomic E-state index is 10.6. The van der Waals surface area contributed by atoms with Crippen molar-refractivity contribution in [2.45, 2.75) is 20.3 Å². The summed E-state index contributed by atoms with van der Waals surface area (Å²) < 4.78 is 0.